The van der Waals surface area contributed by atoms with Crippen molar-refractivity contribution < 1.29 is 19.1 Å². The van der Waals surface area contributed by atoms with E-state index in [1.807, 2.05) is 11.4 Å². The van der Waals surface area contributed by atoms with E-state index in [4.69, 9.17) is 9.47 Å². The van der Waals surface area contributed by atoms with Crippen molar-refractivity contribution in [1.29, 1.82) is 0 Å². The van der Waals surface area contributed by atoms with Crippen molar-refractivity contribution in [2.45, 2.75) is 31.8 Å². The molecule has 0 radical (unpaired) electrons. The van der Waals surface area contributed by atoms with Crippen molar-refractivity contribution in [3.63, 3.8) is 0 Å². The van der Waals surface area contributed by atoms with Crippen LogP contribution in [-0.2, 0) is 0 Å². The van der Waals surface area contributed by atoms with Crippen molar-refractivity contribution in [3.8, 4) is 11.5 Å². The molecule has 160 valence electrons. The van der Waals surface area contributed by atoms with E-state index in [0.29, 0.717) is 33.3 Å². The third-order valence-electron chi connectivity index (χ3n) is 5.14. The summed E-state index contributed by atoms with van der Waals surface area (Å²) in [6.07, 6.45) is 4.59. The number of methoxy groups -OCH3 is 1. The summed E-state index contributed by atoms with van der Waals surface area (Å²) >= 11 is 1.36. The third-order valence-corrected chi connectivity index (χ3v) is 6.01. The molecule has 1 aromatic heterocycles. The van der Waals surface area contributed by atoms with E-state index < -0.39 is 0 Å². The fourth-order valence-electron chi connectivity index (χ4n) is 3.57. The Morgan fingerprint density at radius 2 is 1.68 bits per heavy atom. The van der Waals surface area contributed by atoms with Gasteiger partial charge in [0.15, 0.2) is 11.5 Å². The molecule has 7 heteroatoms. The number of hydrogen-bond acceptors (Lipinski definition) is 5. The second-order valence-electron chi connectivity index (χ2n) is 7.36. The average molecular weight is 437 g/mol. The molecule has 0 spiro atoms. The lowest BCUT2D eigenvalue weighted by atomic mass is 10.1. The number of benzene rings is 2. The molecule has 0 bridgehead atoms. The zero-order valence-corrected chi connectivity index (χ0v) is 18.0. The summed E-state index contributed by atoms with van der Waals surface area (Å²) in [5.74, 6) is 0.799. The van der Waals surface area contributed by atoms with Crippen LogP contribution in [0.2, 0.25) is 0 Å². The first-order valence-electron chi connectivity index (χ1n) is 10.2. The van der Waals surface area contributed by atoms with Gasteiger partial charge in [-0.25, -0.2) is 0 Å². The van der Waals surface area contributed by atoms with E-state index in [9.17, 15) is 9.59 Å². The number of carbonyl (C=O) groups excluding carboxylic acids is 2. The Labute approximate surface area is 185 Å². The van der Waals surface area contributed by atoms with Gasteiger partial charge < -0.3 is 20.1 Å². The van der Waals surface area contributed by atoms with Crippen LogP contribution in [0.25, 0.3) is 0 Å². The zero-order chi connectivity index (χ0) is 21.6. The van der Waals surface area contributed by atoms with Crippen LogP contribution >= 0.6 is 11.3 Å². The van der Waals surface area contributed by atoms with Crippen LogP contribution in [-0.4, -0.2) is 25.0 Å². The van der Waals surface area contributed by atoms with Crippen LogP contribution in [0.4, 0.5) is 11.4 Å². The van der Waals surface area contributed by atoms with Crippen molar-refractivity contribution in [1.82, 2.24) is 0 Å². The van der Waals surface area contributed by atoms with Crippen LogP contribution in [0.5, 0.6) is 11.5 Å². The fraction of sp³-hybridized carbons (Fsp3) is 0.250. The topological polar surface area (TPSA) is 76.7 Å². The van der Waals surface area contributed by atoms with Crippen molar-refractivity contribution in [2.24, 2.45) is 0 Å². The maximum Gasteiger partial charge on any atom is 0.265 e. The molecule has 0 aliphatic heterocycles. The Bertz CT molecular complexity index is 1060. The molecule has 1 saturated carbocycles. The number of ether oxygens (including phenoxy) is 2. The average Bonchev–Trinajstić information content (AvgIpc) is 3.49. The van der Waals surface area contributed by atoms with E-state index in [0.717, 1.165) is 12.8 Å². The Kier molecular flexibility index (Phi) is 6.52. The van der Waals surface area contributed by atoms with E-state index in [2.05, 4.69) is 10.6 Å². The predicted octanol–water partition coefficient (Wildman–Crippen LogP) is 5.58. The lowest BCUT2D eigenvalue weighted by molar-refractivity contribution is 0.101. The number of hydrogen-bond donors (Lipinski definition) is 2. The molecular weight excluding hydrogens is 412 g/mol. The SMILES string of the molecule is COc1ccc(NC(=O)c2cccc(NC(=O)c3cccs3)c2)cc1OC1CCCC1. The van der Waals surface area contributed by atoms with Crippen molar-refractivity contribution >= 4 is 34.5 Å². The molecule has 2 amide bonds. The van der Waals surface area contributed by atoms with Gasteiger partial charge in [0.25, 0.3) is 11.8 Å². The number of carbonyl (C=O) groups is 2. The van der Waals surface area contributed by atoms with E-state index in [-0.39, 0.29) is 17.9 Å². The Hall–Kier alpha value is -3.32. The molecule has 1 heterocycles. The number of thiophene rings is 1. The molecule has 1 aliphatic rings. The van der Waals surface area contributed by atoms with E-state index in [1.165, 1.54) is 24.2 Å². The lowest BCUT2D eigenvalue weighted by Gasteiger charge is -2.17. The minimum Gasteiger partial charge on any atom is -0.493 e. The van der Waals surface area contributed by atoms with Crippen LogP contribution in [0.1, 0.15) is 45.7 Å². The second kappa shape index (κ2) is 9.66. The van der Waals surface area contributed by atoms with Gasteiger partial charge in [-0.3, -0.25) is 9.59 Å². The van der Waals surface area contributed by atoms with Crippen LogP contribution < -0.4 is 20.1 Å². The van der Waals surface area contributed by atoms with Gasteiger partial charge in [-0.2, -0.15) is 0 Å². The molecule has 2 aromatic carbocycles. The van der Waals surface area contributed by atoms with Gasteiger partial charge in [-0.1, -0.05) is 12.1 Å². The molecule has 0 saturated heterocycles. The van der Waals surface area contributed by atoms with Gasteiger partial charge in [0, 0.05) is 23.0 Å². The van der Waals surface area contributed by atoms with Crippen molar-refractivity contribution in [2.75, 3.05) is 17.7 Å². The van der Waals surface area contributed by atoms with Gasteiger partial charge in [0.2, 0.25) is 0 Å². The van der Waals surface area contributed by atoms with E-state index >= 15 is 0 Å². The van der Waals surface area contributed by atoms with Crippen LogP contribution in [0, 0.1) is 0 Å². The van der Waals surface area contributed by atoms with Gasteiger partial charge >= 0.3 is 0 Å². The number of anilines is 2. The zero-order valence-electron chi connectivity index (χ0n) is 17.2. The lowest BCUT2D eigenvalue weighted by Crippen LogP contribution is -2.15. The minimum absolute atomic E-state index is 0.184. The van der Waals surface area contributed by atoms with Crippen LogP contribution in [0.3, 0.4) is 0 Å². The molecule has 0 unspecified atom stereocenters. The van der Waals surface area contributed by atoms with E-state index in [1.54, 1.807) is 55.6 Å². The highest BCUT2D eigenvalue weighted by Crippen LogP contribution is 2.34. The van der Waals surface area contributed by atoms with Gasteiger partial charge in [0.05, 0.1) is 18.1 Å². The monoisotopic (exact) mass is 436 g/mol. The quantitative estimate of drug-likeness (QED) is 0.507. The number of nitrogens with one attached hydrogen (secondary N) is 2. The highest BCUT2D eigenvalue weighted by Gasteiger charge is 2.19. The molecule has 3 aromatic rings. The van der Waals surface area contributed by atoms with Gasteiger partial charge in [0.1, 0.15) is 0 Å². The summed E-state index contributed by atoms with van der Waals surface area (Å²) in [5.41, 5.74) is 1.62. The van der Waals surface area contributed by atoms with Crippen molar-refractivity contribution in [3.05, 3.63) is 70.4 Å². The Balaban J connectivity index is 1.45. The predicted molar refractivity (Wildman–Crippen MR) is 123 cm³/mol. The molecule has 6 nitrogen and oxygen atoms in total. The maximum atomic E-state index is 12.8. The number of rotatable bonds is 7. The Morgan fingerprint density at radius 3 is 2.42 bits per heavy atom. The summed E-state index contributed by atoms with van der Waals surface area (Å²) in [4.78, 5) is 25.7. The minimum atomic E-state index is -0.274. The van der Waals surface area contributed by atoms with Gasteiger partial charge in [-0.05, 0) is 67.5 Å². The highest BCUT2D eigenvalue weighted by atomic mass is 32.1. The third kappa shape index (κ3) is 5.24. The molecule has 4 rings (SSSR count). The summed E-state index contributed by atoms with van der Waals surface area (Å²) in [6, 6.07) is 15.8. The fourth-order valence-corrected chi connectivity index (χ4v) is 4.19. The number of amides is 2. The first-order valence-corrected chi connectivity index (χ1v) is 11.1. The summed E-state index contributed by atoms with van der Waals surface area (Å²) in [6.45, 7) is 0. The normalized spacial score (nSPS) is 13.6. The first-order chi connectivity index (χ1) is 15.1. The molecular formula is C24H24N2O4S. The van der Waals surface area contributed by atoms with Crippen LogP contribution in [0.15, 0.2) is 60.0 Å². The van der Waals surface area contributed by atoms with Gasteiger partial charge in [-0.15, -0.1) is 11.3 Å². The molecule has 31 heavy (non-hydrogen) atoms. The highest BCUT2D eigenvalue weighted by molar-refractivity contribution is 7.12. The molecule has 2 N–H and O–H groups in total. The molecule has 1 fully saturated rings. The molecule has 1 aliphatic carbocycles. The molecule has 0 atom stereocenters. The summed E-state index contributed by atoms with van der Waals surface area (Å²) in [7, 11) is 1.60. The first kappa shape index (κ1) is 20.9. The summed E-state index contributed by atoms with van der Waals surface area (Å²) in [5, 5.41) is 7.57. The standard InChI is InChI=1S/C24H24N2O4S/c1-29-20-12-11-18(15-21(20)30-19-8-2-3-9-19)25-23(27)16-6-4-7-17(14-16)26-24(28)22-10-5-13-31-22/h4-7,10-15,19H,2-3,8-9H2,1H3,(H,25,27)(H,26,28). The summed E-state index contributed by atoms with van der Waals surface area (Å²) < 4.78 is 11.5. The Morgan fingerprint density at radius 1 is 0.903 bits per heavy atom. The largest absolute Gasteiger partial charge is 0.493 e. The second-order valence-corrected chi connectivity index (χ2v) is 8.30. The maximum absolute atomic E-state index is 12.8. The smallest absolute Gasteiger partial charge is 0.265 e.